The third kappa shape index (κ3) is 20.0. The van der Waals surface area contributed by atoms with Crippen LogP contribution in [0.4, 0.5) is 0 Å². The van der Waals surface area contributed by atoms with Gasteiger partial charge in [-0.1, -0.05) is 13.3 Å². The van der Waals surface area contributed by atoms with Crippen molar-refractivity contribution in [3.05, 3.63) is 6.92 Å². The fraction of sp³-hybridized carbons (Fsp3) is 0.750. The van der Waals surface area contributed by atoms with Crippen LogP contribution >= 0.6 is 14.1 Å². The van der Waals surface area contributed by atoms with Crippen molar-refractivity contribution in [1.82, 2.24) is 0 Å². The summed E-state index contributed by atoms with van der Waals surface area (Å²) < 4.78 is 0. The fourth-order valence-electron chi connectivity index (χ4n) is 0. The van der Waals surface area contributed by atoms with Gasteiger partial charge in [0.1, 0.15) is 0 Å². The quantitative estimate of drug-likeness (QED) is 0.451. The number of hydrogen-bond acceptors (Lipinski definition) is 0. The first kappa shape index (κ1) is 10.1. The Bertz CT molecular complexity index is 9.51. The molecule has 0 rings (SSSR count). The molecule has 0 aromatic carbocycles. The molecule has 0 aromatic heterocycles. The summed E-state index contributed by atoms with van der Waals surface area (Å²) in [7, 11) is 0. The van der Waals surface area contributed by atoms with E-state index in [9.17, 15) is 0 Å². The van der Waals surface area contributed by atoms with Crippen LogP contribution in [-0.4, -0.2) is 0 Å². The average molecular weight is 201 g/mol. The molecule has 2 heteroatoms. The van der Waals surface area contributed by atoms with Gasteiger partial charge in [-0.2, -0.15) is 6.42 Å². The van der Waals surface area contributed by atoms with Gasteiger partial charge in [0.25, 0.3) is 0 Å². The number of unbranched alkanes of at least 4 members (excludes halogenated alkanes) is 1. The molecule has 0 aliphatic heterocycles. The normalized spacial score (nSPS) is 6.17. The van der Waals surface area contributed by atoms with Gasteiger partial charge in [-0.05, 0) is 0 Å². The first-order valence-electron chi connectivity index (χ1n) is 1.82. The Kier molecular flexibility index (Phi) is 28.0. The Morgan fingerprint density at radius 1 is 1.67 bits per heavy atom. The van der Waals surface area contributed by atoms with Gasteiger partial charge in [0, 0.05) is 0 Å². The van der Waals surface area contributed by atoms with Gasteiger partial charge in [0.05, 0.1) is 0 Å². The third-order valence-electron chi connectivity index (χ3n) is 0.354. The van der Waals surface area contributed by atoms with Crippen LogP contribution in [0, 0.1) is 6.92 Å². The van der Waals surface area contributed by atoms with E-state index < -0.39 is 0 Å². The van der Waals surface area contributed by atoms with E-state index in [1.54, 1.807) is 0 Å². The van der Waals surface area contributed by atoms with Gasteiger partial charge in [-0.25, -0.2) is 0 Å². The van der Waals surface area contributed by atoms with Crippen molar-refractivity contribution in [3.63, 3.8) is 0 Å². The molecule has 0 fully saturated rings. The van der Waals surface area contributed by atoms with Crippen LogP contribution in [0.15, 0.2) is 0 Å². The summed E-state index contributed by atoms with van der Waals surface area (Å²) in [6.45, 7) is 5.72. The summed E-state index contributed by atoms with van der Waals surface area (Å²) in [6.07, 6.45) is 2.28. The van der Waals surface area contributed by atoms with E-state index in [2.05, 4.69) is 42.2 Å². The summed E-state index contributed by atoms with van der Waals surface area (Å²) in [4.78, 5) is 0. The Balaban J connectivity index is 0. The van der Waals surface area contributed by atoms with Crippen LogP contribution in [0.5, 0.6) is 0 Å². The van der Waals surface area contributed by atoms with E-state index in [0.717, 1.165) is 6.42 Å². The van der Waals surface area contributed by atoms with Gasteiger partial charge in [0.2, 0.25) is 0 Å². The molecule has 0 N–H and O–H groups in total. The van der Waals surface area contributed by atoms with Crippen LogP contribution < -0.4 is 0 Å². The second-order valence-electron chi connectivity index (χ2n) is 0.854. The molecule has 43 valence electrons. The van der Waals surface area contributed by atoms with Crippen molar-refractivity contribution < 1.29 is 14.2 Å². The van der Waals surface area contributed by atoms with E-state index in [4.69, 9.17) is 0 Å². The van der Waals surface area contributed by atoms with Crippen molar-refractivity contribution >= 4 is 14.1 Å². The Hall–Kier alpha value is 0.999. The fourth-order valence-corrected chi connectivity index (χ4v) is 0. The van der Waals surface area contributed by atoms with Gasteiger partial charge >= 0.3 is 28.3 Å². The second-order valence-corrected chi connectivity index (χ2v) is 0.854. The van der Waals surface area contributed by atoms with Gasteiger partial charge in [-0.3, -0.25) is 0 Å². The van der Waals surface area contributed by atoms with Crippen LogP contribution in [0.2, 0.25) is 0 Å². The predicted molar refractivity (Wildman–Crippen MR) is 29.2 cm³/mol. The minimum atomic E-state index is 1.07. The van der Waals surface area contributed by atoms with E-state index in [1.165, 1.54) is 6.42 Å². The molecule has 0 radical (unpaired) electrons. The van der Waals surface area contributed by atoms with Crippen LogP contribution in [0.3, 0.4) is 0 Å². The van der Waals surface area contributed by atoms with Crippen molar-refractivity contribution in [2.45, 2.75) is 19.8 Å². The molecule has 0 aliphatic rings. The molecule has 0 amide bonds. The van der Waals surface area contributed by atoms with E-state index in [0.29, 0.717) is 0 Å². The SMILES string of the molecule is [CH2-]CCC.[Cu+][Br]. The third-order valence-corrected chi connectivity index (χ3v) is 0.354. The Morgan fingerprint density at radius 2 is 1.83 bits per heavy atom. The zero-order valence-corrected chi connectivity index (χ0v) is 6.33. The van der Waals surface area contributed by atoms with Crippen LogP contribution in [0.1, 0.15) is 19.8 Å². The van der Waals surface area contributed by atoms with Crippen molar-refractivity contribution in [2.24, 2.45) is 0 Å². The number of hydrogen-bond donors (Lipinski definition) is 0. The zero-order chi connectivity index (χ0) is 5.41. The van der Waals surface area contributed by atoms with E-state index in [1.807, 2.05) is 0 Å². The number of halogens is 1. The average Bonchev–Trinajstić information content (AvgIpc) is 1.72. The predicted octanol–water partition coefficient (Wildman–Crippen LogP) is 2.46. The summed E-state index contributed by atoms with van der Waals surface area (Å²) in [5.41, 5.74) is 0. The molecule has 0 bridgehead atoms. The first-order chi connectivity index (χ1) is 2.91. The maximum atomic E-state index is 4.00. The zero-order valence-electron chi connectivity index (χ0n) is 3.80. The molecule has 0 unspecified atom stereocenters. The van der Waals surface area contributed by atoms with Crippen molar-refractivity contribution in [2.75, 3.05) is 0 Å². The molecular formula is C4H9BrCu. The standard InChI is InChI=1S/C4H9.BrH.Cu/c1-3-4-2;;/h1,3-4H2,2H3;1H;/q-1;;+2/p-1. The number of rotatable bonds is 1. The topological polar surface area (TPSA) is 0 Å². The molecule has 0 aromatic rings. The Morgan fingerprint density at radius 3 is 1.83 bits per heavy atom. The summed E-state index contributed by atoms with van der Waals surface area (Å²) >= 11 is 6.50. The molecule has 0 heterocycles. The Labute approximate surface area is 55.2 Å². The maximum absolute atomic E-state index is 4.00. The molecule has 0 nitrogen and oxygen atoms in total. The summed E-state index contributed by atoms with van der Waals surface area (Å²) in [5, 5.41) is 0. The van der Waals surface area contributed by atoms with E-state index >= 15 is 0 Å². The second kappa shape index (κ2) is 16.7. The monoisotopic (exact) mass is 199 g/mol. The van der Waals surface area contributed by atoms with Crippen molar-refractivity contribution in [1.29, 1.82) is 0 Å². The first-order valence-corrected chi connectivity index (χ1v) is 4.15. The molecular weight excluding hydrogens is 191 g/mol. The molecule has 6 heavy (non-hydrogen) atoms. The molecule has 0 atom stereocenters. The summed E-state index contributed by atoms with van der Waals surface area (Å²) in [6, 6.07) is 0. The molecule has 0 aliphatic carbocycles. The van der Waals surface area contributed by atoms with E-state index in [-0.39, 0.29) is 0 Å². The van der Waals surface area contributed by atoms with Crippen molar-refractivity contribution in [3.8, 4) is 0 Å². The summed E-state index contributed by atoms with van der Waals surface area (Å²) in [5.74, 6) is 0. The van der Waals surface area contributed by atoms with Gasteiger partial charge in [0.15, 0.2) is 0 Å². The van der Waals surface area contributed by atoms with Gasteiger partial charge in [-0.15, -0.1) is 0 Å². The molecule has 0 saturated heterocycles. The van der Waals surface area contributed by atoms with Crippen LogP contribution in [-0.2, 0) is 14.2 Å². The molecule has 0 saturated carbocycles. The molecule has 0 spiro atoms. The minimum absolute atomic E-state index is 1.07. The van der Waals surface area contributed by atoms with Crippen LogP contribution in [0.25, 0.3) is 0 Å². The van der Waals surface area contributed by atoms with Gasteiger partial charge < -0.3 is 6.92 Å².